The van der Waals surface area contributed by atoms with E-state index in [1.807, 2.05) is 18.5 Å². The van der Waals surface area contributed by atoms with Crippen molar-refractivity contribution < 1.29 is 0 Å². The van der Waals surface area contributed by atoms with Crippen LogP contribution in [0, 0.1) is 0 Å². The highest BCUT2D eigenvalue weighted by Gasteiger charge is 2.24. The Labute approximate surface area is 237 Å². The van der Waals surface area contributed by atoms with Crippen LogP contribution in [0.25, 0.3) is 83.0 Å². The normalized spacial score (nSPS) is 11.9. The number of fused-ring (bicyclic) bond motifs is 13. The average molecular weight is 522 g/mol. The van der Waals surface area contributed by atoms with E-state index in [9.17, 15) is 0 Å². The molecule has 1 aliphatic rings. The molecule has 5 aromatic carbocycles. The van der Waals surface area contributed by atoms with Crippen molar-refractivity contribution in [2.24, 2.45) is 0 Å². The maximum Gasteiger partial charge on any atom is 0.159 e. The Bertz CT molecular complexity index is 2270. The molecule has 8 aromatic rings. The number of aromatic nitrogens is 3. The molecule has 3 heteroatoms. The zero-order valence-electron chi connectivity index (χ0n) is 22.1. The molecule has 0 saturated heterocycles. The first-order valence-electron chi connectivity index (χ1n) is 13.9. The Morgan fingerprint density at radius 3 is 1.71 bits per heavy atom. The van der Waals surface area contributed by atoms with Gasteiger partial charge >= 0.3 is 0 Å². The van der Waals surface area contributed by atoms with Gasteiger partial charge in [-0.05, 0) is 69.8 Å². The number of hydrogen-bond donors (Lipinski definition) is 0. The van der Waals surface area contributed by atoms with Crippen molar-refractivity contribution >= 4 is 32.8 Å². The molecule has 3 aromatic heterocycles. The Balaban J connectivity index is 1.43. The number of para-hydroxylation sites is 2. The molecule has 0 spiro atoms. The second-order valence-corrected chi connectivity index (χ2v) is 10.6. The molecule has 0 amide bonds. The van der Waals surface area contributed by atoms with Crippen LogP contribution in [-0.4, -0.2) is 14.5 Å². The van der Waals surface area contributed by atoms with Crippen molar-refractivity contribution in [2.45, 2.75) is 0 Å². The molecule has 0 fully saturated rings. The highest BCUT2D eigenvalue weighted by molar-refractivity contribution is 6.11. The Morgan fingerprint density at radius 2 is 0.976 bits per heavy atom. The zero-order valence-corrected chi connectivity index (χ0v) is 22.1. The second kappa shape index (κ2) is 8.48. The van der Waals surface area contributed by atoms with Crippen molar-refractivity contribution in [1.29, 1.82) is 0 Å². The van der Waals surface area contributed by atoms with Crippen molar-refractivity contribution in [3.05, 3.63) is 140 Å². The van der Waals surface area contributed by atoms with Gasteiger partial charge < -0.3 is 4.57 Å². The molecule has 0 unspecified atom stereocenters. The van der Waals surface area contributed by atoms with Crippen molar-refractivity contribution in [1.82, 2.24) is 14.5 Å². The summed E-state index contributed by atoms with van der Waals surface area (Å²) in [7, 11) is 0. The van der Waals surface area contributed by atoms with E-state index in [1.54, 1.807) is 0 Å². The number of benzene rings is 5. The minimum atomic E-state index is 0.762. The lowest BCUT2D eigenvalue weighted by Gasteiger charge is -2.24. The van der Waals surface area contributed by atoms with Crippen molar-refractivity contribution in [3.8, 4) is 50.2 Å². The minimum absolute atomic E-state index is 0.762. The minimum Gasteiger partial charge on any atom is -0.309 e. The van der Waals surface area contributed by atoms with Gasteiger partial charge in [-0.2, -0.15) is 0 Å². The summed E-state index contributed by atoms with van der Waals surface area (Å²) >= 11 is 0. The topological polar surface area (TPSA) is 30.7 Å². The van der Waals surface area contributed by atoms with Gasteiger partial charge in [-0.3, -0.25) is 0 Å². The molecular formula is C38H23N3. The summed E-state index contributed by atoms with van der Waals surface area (Å²) in [4.78, 5) is 9.44. The first-order chi connectivity index (χ1) is 20.4. The molecule has 0 atom stereocenters. The van der Waals surface area contributed by atoms with Gasteiger partial charge in [-0.25, -0.2) is 9.97 Å². The van der Waals surface area contributed by atoms with Crippen LogP contribution in [0.4, 0.5) is 0 Å². The summed E-state index contributed by atoms with van der Waals surface area (Å²) in [6.07, 6.45) is 3.83. The third-order valence-corrected chi connectivity index (χ3v) is 8.48. The summed E-state index contributed by atoms with van der Waals surface area (Å²) in [5.74, 6) is 0. The van der Waals surface area contributed by atoms with Gasteiger partial charge in [0.1, 0.15) is 0 Å². The first kappa shape index (κ1) is 22.3. The molecule has 3 heterocycles. The molecule has 3 nitrogen and oxygen atoms in total. The van der Waals surface area contributed by atoms with Crippen LogP contribution in [0.15, 0.2) is 140 Å². The van der Waals surface area contributed by atoms with Gasteiger partial charge in [0.15, 0.2) is 5.65 Å². The Morgan fingerprint density at radius 1 is 0.415 bits per heavy atom. The van der Waals surface area contributed by atoms with E-state index < -0.39 is 0 Å². The largest absolute Gasteiger partial charge is 0.309 e. The van der Waals surface area contributed by atoms with Gasteiger partial charge in [-0.15, -0.1) is 0 Å². The first-order valence-corrected chi connectivity index (χ1v) is 13.9. The standard InChI is InChI=1S/C38H23N3/c1-2-12-27-25(10-1)26-11-3-4-15-31(26)37-32-16-9-21-39-38(32)40-23-34(37)28-20-19-24(22-33(27)28)41-35-17-7-5-13-29(35)30-14-6-8-18-36(30)41/h1-23H. The SMILES string of the molecule is c1ccc2c(c1)-c1cc(-n3c4ccccc4c4ccccc43)ccc1-c1cnc3ncccc3c1-c1ccccc1-2. The lowest BCUT2D eigenvalue weighted by molar-refractivity contribution is 1.18. The van der Waals surface area contributed by atoms with Crippen molar-refractivity contribution in [3.63, 3.8) is 0 Å². The molecule has 9 rings (SSSR count). The van der Waals surface area contributed by atoms with E-state index in [-0.39, 0.29) is 0 Å². The van der Waals surface area contributed by atoms with E-state index in [0.717, 1.165) is 22.3 Å². The van der Waals surface area contributed by atoms with E-state index in [0.29, 0.717) is 0 Å². The molecule has 0 saturated carbocycles. The van der Waals surface area contributed by atoms with Gasteiger partial charge in [0, 0.05) is 45.4 Å². The molecular weight excluding hydrogens is 498 g/mol. The number of hydrogen-bond acceptors (Lipinski definition) is 2. The van der Waals surface area contributed by atoms with E-state index in [2.05, 4.69) is 131 Å². The monoisotopic (exact) mass is 521 g/mol. The highest BCUT2D eigenvalue weighted by Crippen LogP contribution is 2.49. The van der Waals surface area contributed by atoms with Gasteiger partial charge in [0.05, 0.1) is 11.0 Å². The van der Waals surface area contributed by atoms with Gasteiger partial charge in [0.25, 0.3) is 0 Å². The fraction of sp³-hybridized carbons (Fsp3) is 0. The fourth-order valence-electron chi connectivity index (χ4n) is 6.74. The predicted octanol–water partition coefficient (Wildman–Crippen LogP) is 9.71. The summed E-state index contributed by atoms with van der Waals surface area (Å²) in [6.45, 7) is 0. The third kappa shape index (κ3) is 3.14. The van der Waals surface area contributed by atoms with Crippen LogP contribution in [0.2, 0.25) is 0 Å². The lowest BCUT2D eigenvalue weighted by Crippen LogP contribution is -2.01. The van der Waals surface area contributed by atoms with Crippen LogP contribution >= 0.6 is 0 Å². The quantitative estimate of drug-likeness (QED) is 0.215. The van der Waals surface area contributed by atoms with E-state index in [4.69, 9.17) is 4.98 Å². The fourth-order valence-corrected chi connectivity index (χ4v) is 6.74. The van der Waals surface area contributed by atoms with Crippen LogP contribution in [-0.2, 0) is 0 Å². The van der Waals surface area contributed by atoms with Gasteiger partial charge in [0.2, 0.25) is 0 Å². The van der Waals surface area contributed by atoms with Gasteiger partial charge in [-0.1, -0.05) is 91.0 Å². The van der Waals surface area contributed by atoms with Crippen molar-refractivity contribution in [2.75, 3.05) is 0 Å². The van der Waals surface area contributed by atoms with Crippen LogP contribution in [0.1, 0.15) is 0 Å². The Kier molecular flexibility index (Phi) is 4.61. The smallest absolute Gasteiger partial charge is 0.159 e. The lowest BCUT2D eigenvalue weighted by atomic mass is 9.80. The van der Waals surface area contributed by atoms with E-state index >= 15 is 0 Å². The summed E-state index contributed by atoms with van der Waals surface area (Å²) in [5, 5.41) is 3.59. The predicted molar refractivity (Wildman–Crippen MR) is 169 cm³/mol. The molecule has 1 aliphatic carbocycles. The van der Waals surface area contributed by atoms with Crippen LogP contribution < -0.4 is 0 Å². The molecule has 190 valence electrons. The van der Waals surface area contributed by atoms with E-state index in [1.165, 1.54) is 60.8 Å². The maximum atomic E-state index is 4.83. The molecule has 0 bridgehead atoms. The number of nitrogens with zero attached hydrogens (tertiary/aromatic N) is 3. The summed E-state index contributed by atoms with van der Waals surface area (Å²) in [6, 6.07) is 45.9. The average Bonchev–Trinajstić information content (AvgIpc) is 3.38. The molecule has 0 aliphatic heterocycles. The summed E-state index contributed by atoms with van der Waals surface area (Å²) in [5.41, 5.74) is 13.8. The van der Waals surface area contributed by atoms with Crippen LogP contribution in [0.3, 0.4) is 0 Å². The third-order valence-electron chi connectivity index (χ3n) is 8.48. The number of rotatable bonds is 1. The zero-order chi connectivity index (χ0) is 26.9. The Hall–Kier alpha value is -5.54. The number of pyridine rings is 2. The highest BCUT2D eigenvalue weighted by atomic mass is 15.0. The molecule has 0 radical (unpaired) electrons. The molecule has 0 N–H and O–H groups in total. The maximum absolute atomic E-state index is 4.83. The second-order valence-electron chi connectivity index (χ2n) is 10.6. The van der Waals surface area contributed by atoms with Crippen LogP contribution in [0.5, 0.6) is 0 Å². The summed E-state index contributed by atoms with van der Waals surface area (Å²) < 4.78 is 2.39. The molecule has 41 heavy (non-hydrogen) atoms.